The highest BCUT2D eigenvalue weighted by molar-refractivity contribution is 6.31. The molecule has 15 heavy (non-hydrogen) atoms. The molecule has 84 valence electrons. The van der Waals surface area contributed by atoms with Crippen molar-refractivity contribution in [2.24, 2.45) is 0 Å². The number of halogens is 3. The summed E-state index contributed by atoms with van der Waals surface area (Å²) in [6.07, 6.45) is 0. The highest BCUT2D eigenvalue weighted by Gasteiger charge is 2.17. The van der Waals surface area contributed by atoms with E-state index in [4.69, 9.17) is 11.6 Å². The van der Waals surface area contributed by atoms with Crippen molar-refractivity contribution in [3.05, 3.63) is 34.6 Å². The summed E-state index contributed by atoms with van der Waals surface area (Å²) in [7, 11) is 0. The van der Waals surface area contributed by atoms with Crippen molar-refractivity contribution in [3.8, 4) is 0 Å². The first-order chi connectivity index (χ1) is 6.77. The molecule has 0 aromatic heterocycles. The maximum atomic E-state index is 13.0. The molecule has 5 heteroatoms. The second-order valence-corrected chi connectivity index (χ2v) is 3.78. The minimum absolute atomic E-state index is 0. The van der Waals surface area contributed by atoms with Crippen molar-refractivity contribution in [3.63, 3.8) is 0 Å². The van der Waals surface area contributed by atoms with Crippen molar-refractivity contribution < 1.29 is 4.39 Å². The van der Waals surface area contributed by atoms with Crippen LogP contribution in [0.1, 0.15) is 11.6 Å². The third kappa shape index (κ3) is 3.05. The summed E-state index contributed by atoms with van der Waals surface area (Å²) in [5, 5.41) is 7.14. The topological polar surface area (TPSA) is 24.1 Å². The molecule has 0 amide bonds. The number of piperazine rings is 1. The molecule has 1 aromatic rings. The monoisotopic (exact) mass is 250 g/mol. The van der Waals surface area contributed by atoms with Crippen LogP contribution in [-0.2, 0) is 0 Å². The average molecular weight is 251 g/mol. The van der Waals surface area contributed by atoms with Gasteiger partial charge >= 0.3 is 0 Å². The maximum Gasteiger partial charge on any atom is 0.123 e. The molecule has 0 radical (unpaired) electrons. The molecule has 0 unspecified atom stereocenters. The molecule has 0 aliphatic carbocycles. The van der Waals surface area contributed by atoms with Gasteiger partial charge in [-0.1, -0.05) is 11.6 Å². The molecule has 2 rings (SSSR count). The summed E-state index contributed by atoms with van der Waals surface area (Å²) in [4.78, 5) is 0. The average Bonchev–Trinajstić information content (AvgIpc) is 2.23. The minimum Gasteiger partial charge on any atom is -0.314 e. The first-order valence-corrected chi connectivity index (χ1v) is 5.04. The quantitative estimate of drug-likeness (QED) is 0.799. The van der Waals surface area contributed by atoms with Gasteiger partial charge in [-0.2, -0.15) is 0 Å². The zero-order chi connectivity index (χ0) is 9.97. The fourth-order valence-corrected chi connectivity index (χ4v) is 1.90. The lowest BCUT2D eigenvalue weighted by Crippen LogP contribution is -2.42. The van der Waals surface area contributed by atoms with Crippen LogP contribution in [-0.4, -0.2) is 19.6 Å². The Bertz CT molecular complexity index is 327. The van der Waals surface area contributed by atoms with Crippen molar-refractivity contribution in [2.75, 3.05) is 19.6 Å². The van der Waals surface area contributed by atoms with Gasteiger partial charge in [-0.15, -0.1) is 12.4 Å². The van der Waals surface area contributed by atoms with Crippen LogP contribution in [0.25, 0.3) is 0 Å². The van der Waals surface area contributed by atoms with Crippen LogP contribution in [0.3, 0.4) is 0 Å². The van der Waals surface area contributed by atoms with Crippen molar-refractivity contribution >= 4 is 24.0 Å². The van der Waals surface area contributed by atoms with Crippen LogP contribution in [0.5, 0.6) is 0 Å². The van der Waals surface area contributed by atoms with Crippen LogP contribution >= 0.6 is 24.0 Å². The summed E-state index contributed by atoms with van der Waals surface area (Å²) in [5.74, 6) is -0.239. The lowest BCUT2D eigenvalue weighted by Gasteiger charge is -2.25. The molecule has 2 N–H and O–H groups in total. The van der Waals surface area contributed by atoms with Crippen LogP contribution in [0, 0.1) is 5.82 Å². The molecule has 1 aliphatic rings. The van der Waals surface area contributed by atoms with Gasteiger partial charge < -0.3 is 10.6 Å². The number of nitrogens with one attached hydrogen (secondary N) is 2. The Morgan fingerprint density at radius 2 is 2.13 bits per heavy atom. The standard InChI is InChI=1S/C10H12ClFN2.ClH/c11-9-2-1-7(12)5-8(9)10-6-13-3-4-14-10;/h1-2,5,10,13-14H,3-4,6H2;1H/t10-;/m0./s1. The molecular formula is C10H13Cl2FN2. The second kappa shape index (κ2) is 5.66. The molecule has 0 saturated carbocycles. The van der Waals surface area contributed by atoms with Crippen LogP contribution in [0.4, 0.5) is 4.39 Å². The van der Waals surface area contributed by atoms with E-state index in [0.717, 1.165) is 25.2 Å². The molecule has 1 aromatic carbocycles. The molecule has 0 spiro atoms. The summed E-state index contributed by atoms with van der Waals surface area (Å²) < 4.78 is 13.0. The van der Waals surface area contributed by atoms with Gasteiger partial charge in [0.25, 0.3) is 0 Å². The summed E-state index contributed by atoms with van der Waals surface area (Å²) in [5.41, 5.74) is 0.832. The molecule has 1 saturated heterocycles. The third-order valence-corrected chi connectivity index (χ3v) is 2.72. The normalized spacial score (nSPS) is 20.8. The minimum atomic E-state index is -0.239. The van der Waals surface area contributed by atoms with Gasteiger partial charge in [-0.3, -0.25) is 0 Å². The Morgan fingerprint density at radius 1 is 1.33 bits per heavy atom. The zero-order valence-corrected chi connectivity index (χ0v) is 9.67. The van der Waals surface area contributed by atoms with E-state index < -0.39 is 0 Å². The van der Waals surface area contributed by atoms with Crippen molar-refractivity contribution in [2.45, 2.75) is 6.04 Å². The van der Waals surface area contributed by atoms with E-state index in [1.807, 2.05) is 0 Å². The van der Waals surface area contributed by atoms with Gasteiger partial charge in [-0.05, 0) is 23.8 Å². The summed E-state index contributed by atoms with van der Waals surface area (Å²) in [6, 6.07) is 4.59. The first-order valence-electron chi connectivity index (χ1n) is 4.66. The van der Waals surface area contributed by atoms with E-state index in [1.54, 1.807) is 6.07 Å². The SMILES string of the molecule is Cl.Fc1ccc(Cl)c([C@@H]2CNCCN2)c1. The van der Waals surface area contributed by atoms with E-state index >= 15 is 0 Å². The molecule has 2 nitrogen and oxygen atoms in total. The van der Waals surface area contributed by atoms with Gasteiger partial charge in [0.05, 0.1) is 0 Å². The number of rotatable bonds is 1. The summed E-state index contributed by atoms with van der Waals surface area (Å²) in [6.45, 7) is 2.63. The van der Waals surface area contributed by atoms with E-state index in [-0.39, 0.29) is 24.3 Å². The van der Waals surface area contributed by atoms with Gasteiger partial charge in [0, 0.05) is 30.7 Å². The Hall–Kier alpha value is -0.350. The first kappa shape index (κ1) is 12.7. The molecule has 1 aliphatic heterocycles. The van der Waals surface area contributed by atoms with Gasteiger partial charge in [0.2, 0.25) is 0 Å². The maximum absolute atomic E-state index is 13.0. The third-order valence-electron chi connectivity index (χ3n) is 2.37. The Labute approximate surface area is 99.6 Å². The number of hydrogen-bond donors (Lipinski definition) is 2. The zero-order valence-electron chi connectivity index (χ0n) is 8.09. The lowest BCUT2D eigenvalue weighted by atomic mass is 10.1. The molecule has 1 heterocycles. The molecule has 0 bridgehead atoms. The number of hydrogen-bond acceptors (Lipinski definition) is 2. The van der Waals surface area contributed by atoms with Crippen LogP contribution < -0.4 is 10.6 Å². The van der Waals surface area contributed by atoms with Crippen LogP contribution in [0.15, 0.2) is 18.2 Å². The number of benzene rings is 1. The van der Waals surface area contributed by atoms with E-state index in [2.05, 4.69) is 10.6 Å². The smallest absolute Gasteiger partial charge is 0.123 e. The van der Waals surface area contributed by atoms with E-state index in [9.17, 15) is 4.39 Å². The molecule has 1 atom stereocenters. The van der Waals surface area contributed by atoms with Crippen LogP contribution in [0.2, 0.25) is 5.02 Å². The molecular weight excluding hydrogens is 238 g/mol. The predicted octanol–water partition coefficient (Wildman–Crippen LogP) is 2.13. The Kier molecular flexibility index (Phi) is 4.80. The largest absolute Gasteiger partial charge is 0.314 e. The molecule has 1 fully saturated rings. The van der Waals surface area contributed by atoms with E-state index in [1.165, 1.54) is 12.1 Å². The predicted molar refractivity (Wildman–Crippen MR) is 62.3 cm³/mol. The van der Waals surface area contributed by atoms with Gasteiger partial charge in [0.15, 0.2) is 0 Å². The fraction of sp³-hybridized carbons (Fsp3) is 0.400. The van der Waals surface area contributed by atoms with E-state index in [0.29, 0.717) is 5.02 Å². The highest BCUT2D eigenvalue weighted by Crippen LogP contribution is 2.24. The fourth-order valence-electron chi connectivity index (χ4n) is 1.65. The lowest BCUT2D eigenvalue weighted by molar-refractivity contribution is 0.429. The van der Waals surface area contributed by atoms with Crippen molar-refractivity contribution in [1.82, 2.24) is 10.6 Å². The Balaban J connectivity index is 0.00000112. The Morgan fingerprint density at radius 3 is 2.80 bits per heavy atom. The van der Waals surface area contributed by atoms with Gasteiger partial charge in [-0.25, -0.2) is 4.39 Å². The van der Waals surface area contributed by atoms with Crippen molar-refractivity contribution in [1.29, 1.82) is 0 Å². The highest BCUT2D eigenvalue weighted by atomic mass is 35.5. The summed E-state index contributed by atoms with van der Waals surface area (Å²) >= 11 is 6.00. The second-order valence-electron chi connectivity index (χ2n) is 3.38. The van der Waals surface area contributed by atoms with Gasteiger partial charge in [0.1, 0.15) is 5.82 Å².